The fourth-order valence-electron chi connectivity index (χ4n) is 1.86. The third-order valence-corrected chi connectivity index (χ3v) is 5.06. The molecule has 0 fully saturated rings. The summed E-state index contributed by atoms with van der Waals surface area (Å²) in [6.45, 7) is 4.04. The average Bonchev–Trinajstić information content (AvgIpc) is 2.38. The normalized spacial score (nSPS) is 13.8. The van der Waals surface area contributed by atoms with Gasteiger partial charge in [0.15, 0.2) is 9.84 Å². The molecule has 0 bridgehead atoms. The summed E-state index contributed by atoms with van der Waals surface area (Å²) >= 11 is 0. The van der Waals surface area contributed by atoms with Crippen molar-refractivity contribution in [1.29, 1.82) is 0 Å². The molecule has 3 nitrogen and oxygen atoms in total. The summed E-state index contributed by atoms with van der Waals surface area (Å²) in [6, 6.07) is 5.74. The lowest BCUT2D eigenvalue weighted by atomic mass is 10.2. The second-order valence-corrected chi connectivity index (χ2v) is 6.75. The minimum atomic E-state index is -3.36. The molecular weight excluding hydrogens is 260 g/mol. The second-order valence-electron chi connectivity index (χ2n) is 4.58. The maximum absolute atomic E-state index is 12.5. The Hall–Kier alpha value is -1.29. The molecule has 0 radical (unpaired) electrons. The largest absolute Gasteiger partial charge is 0.508 e. The lowest BCUT2D eigenvalue weighted by molar-refractivity contribution is 0.474. The molecule has 106 valence electrons. The zero-order valence-corrected chi connectivity index (χ0v) is 12.4. The van der Waals surface area contributed by atoms with Gasteiger partial charge in [0, 0.05) is 0 Å². The molecule has 4 heteroatoms. The van der Waals surface area contributed by atoms with Gasteiger partial charge in [-0.25, -0.2) is 8.42 Å². The molecule has 0 aliphatic rings. The molecule has 0 amide bonds. The Morgan fingerprint density at radius 2 is 1.79 bits per heavy atom. The Balaban J connectivity index is 3.01. The van der Waals surface area contributed by atoms with E-state index in [-0.39, 0.29) is 10.6 Å². The highest BCUT2D eigenvalue weighted by atomic mass is 32.2. The van der Waals surface area contributed by atoms with Gasteiger partial charge in [-0.15, -0.1) is 0 Å². The van der Waals surface area contributed by atoms with Crippen LogP contribution in [0.5, 0.6) is 5.75 Å². The van der Waals surface area contributed by atoms with E-state index in [0.717, 1.165) is 19.3 Å². The summed E-state index contributed by atoms with van der Waals surface area (Å²) in [5, 5.41) is 8.75. The number of phenolic OH excluding ortho intramolecular Hbond substituents is 1. The van der Waals surface area contributed by atoms with E-state index < -0.39 is 15.1 Å². The van der Waals surface area contributed by atoms with Gasteiger partial charge in [-0.3, -0.25) is 0 Å². The molecule has 0 unspecified atom stereocenters. The van der Waals surface area contributed by atoms with Crippen LogP contribution in [0.3, 0.4) is 0 Å². The number of unbranched alkanes of at least 4 members (excludes halogenated alkanes) is 1. The van der Waals surface area contributed by atoms with Gasteiger partial charge >= 0.3 is 0 Å². The van der Waals surface area contributed by atoms with Gasteiger partial charge in [0.05, 0.1) is 10.1 Å². The van der Waals surface area contributed by atoms with Crippen LogP contribution in [-0.4, -0.2) is 18.8 Å². The minimum Gasteiger partial charge on any atom is -0.508 e. The van der Waals surface area contributed by atoms with Crippen LogP contribution >= 0.6 is 0 Å². The van der Waals surface area contributed by atoms with Crippen LogP contribution in [-0.2, 0) is 9.84 Å². The first-order chi connectivity index (χ1) is 9.02. The van der Waals surface area contributed by atoms with E-state index >= 15 is 0 Å². The van der Waals surface area contributed by atoms with E-state index in [9.17, 15) is 13.5 Å². The highest BCUT2D eigenvalue weighted by molar-refractivity contribution is 7.92. The van der Waals surface area contributed by atoms with Crippen LogP contribution in [0.4, 0.5) is 0 Å². The number of phenols is 1. The zero-order chi connectivity index (χ0) is 14.3. The lowest BCUT2D eigenvalue weighted by Gasteiger charge is -2.13. The topological polar surface area (TPSA) is 54.4 Å². The molecule has 19 heavy (non-hydrogen) atoms. The Bertz CT molecular complexity index is 501. The van der Waals surface area contributed by atoms with Crippen molar-refractivity contribution < 1.29 is 13.5 Å². The van der Waals surface area contributed by atoms with Gasteiger partial charge in [-0.1, -0.05) is 38.8 Å². The van der Waals surface area contributed by atoms with E-state index in [4.69, 9.17) is 0 Å². The maximum Gasteiger partial charge on any atom is 0.184 e. The van der Waals surface area contributed by atoms with Gasteiger partial charge in [0.25, 0.3) is 0 Å². The first-order valence-electron chi connectivity index (χ1n) is 6.72. The fraction of sp³-hybridized carbons (Fsp3) is 0.467. The molecule has 0 aliphatic heterocycles. The van der Waals surface area contributed by atoms with Gasteiger partial charge in [-0.2, -0.15) is 0 Å². The molecule has 0 aliphatic carbocycles. The van der Waals surface area contributed by atoms with Crippen LogP contribution in [0.15, 0.2) is 41.3 Å². The van der Waals surface area contributed by atoms with Gasteiger partial charge < -0.3 is 5.11 Å². The van der Waals surface area contributed by atoms with Crippen molar-refractivity contribution in [2.75, 3.05) is 0 Å². The summed E-state index contributed by atoms with van der Waals surface area (Å²) in [4.78, 5) is 0.268. The summed E-state index contributed by atoms with van der Waals surface area (Å²) in [6.07, 6.45) is 7.08. The summed E-state index contributed by atoms with van der Waals surface area (Å²) < 4.78 is 25.0. The van der Waals surface area contributed by atoms with Crippen LogP contribution in [0, 0.1) is 0 Å². The average molecular weight is 282 g/mol. The van der Waals surface area contributed by atoms with E-state index in [0.29, 0.717) is 6.42 Å². The number of hydrogen-bond acceptors (Lipinski definition) is 3. The molecule has 0 saturated heterocycles. The molecule has 0 heterocycles. The Labute approximate surface area is 115 Å². The van der Waals surface area contributed by atoms with E-state index in [1.54, 1.807) is 6.08 Å². The van der Waals surface area contributed by atoms with Gasteiger partial charge in [-0.05, 0) is 37.1 Å². The molecule has 0 aromatic heterocycles. The van der Waals surface area contributed by atoms with Crippen molar-refractivity contribution in [1.82, 2.24) is 0 Å². The fourth-order valence-corrected chi connectivity index (χ4v) is 3.59. The molecule has 1 rings (SSSR count). The number of allylic oxidation sites excluding steroid dienone is 1. The molecule has 1 N–H and O–H groups in total. The first-order valence-corrected chi connectivity index (χ1v) is 8.26. The molecule has 1 aromatic carbocycles. The number of sulfone groups is 1. The SMILES string of the molecule is CCC/C=C\[C@@H](CCC)S(=O)(=O)c1ccc(O)cc1. The Morgan fingerprint density at radius 1 is 1.16 bits per heavy atom. The third kappa shape index (κ3) is 4.39. The molecular formula is C15H22O3S. The van der Waals surface area contributed by atoms with Crippen molar-refractivity contribution in [2.24, 2.45) is 0 Å². The predicted octanol–water partition coefficient (Wildman–Crippen LogP) is 3.69. The van der Waals surface area contributed by atoms with Crippen LogP contribution in [0.25, 0.3) is 0 Å². The number of rotatable bonds is 7. The van der Waals surface area contributed by atoms with E-state index in [1.165, 1.54) is 24.3 Å². The number of benzene rings is 1. The highest BCUT2D eigenvalue weighted by Gasteiger charge is 2.24. The highest BCUT2D eigenvalue weighted by Crippen LogP contribution is 2.22. The first kappa shape index (κ1) is 15.8. The molecule has 0 spiro atoms. The van der Waals surface area contributed by atoms with E-state index in [1.807, 2.05) is 13.0 Å². The van der Waals surface area contributed by atoms with Gasteiger partial charge in [0.1, 0.15) is 5.75 Å². The van der Waals surface area contributed by atoms with Crippen molar-refractivity contribution >= 4 is 9.84 Å². The summed E-state index contributed by atoms with van der Waals surface area (Å²) in [7, 11) is -3.36. The van der Waals surface area contributed by atoms with Crippen molar-refractivity contribution in [3.8, 4) is 5.75 Å². The number of aromatic hydroxyl groups is 1. The van der Waals surface area contributed by atoms with Crippen LogP contribution in [0.2, 0.25) is 0 Å². The van der Waals surface area contributed by atoms with Crippen LogP contribution in [0.1, 0.15) is 39.5 Å². The third-order valence-electron chi connectivity index (χ3n) is 2.94. The van der Waals surface area contributed by atoms with Crippen molar-refractivity contribution in [2.45, 2.75) is 49.7 Å². The monoisotopic (exact) mass is 282 g/mol. The Kier molecular flexibility index (Phi) is 6.09. The quantitative estimate of drug-likeness (QED) is 0.776. The maximum atomic E-state index is 12.5. The summed E-state index contributed by atoms with van der Waals surface area (Å²) in [5.74, 6) is 0.0764. The Morgan fingerprint density at radius 3 is 2.32 bits per heavy atom. The minimum absolute atomic E-state index is 0.0764. The number of hydrogen-bond donors (Lipinski definition) is 1. The molecule has 0 saturated carbocycles. The molecule has 1 atom stereocenters. The smallest absolute Gasteiger partial charge is 0.184 e. The lowest BCUT2D eigenvalue weighted by Crippen LogP contribution is -2.19. The predicted molar refractivity (Wildman–Crippen MR) is 78.0 cm³/mol. The standard InChI is InChI=1S/C15H22O3S/c1-3-5-6-8-14(7-4-2)19(17,18)15-11-9-13(16)10-12-15/h6,8-12,14,16H,3-5,7H2,1-2H3/b8-6-/t14-/m1/s1. The zero-order valence-electron chi connectivity index (χ0n) is 11.5. The van der Waals surface area contributed by atoms with E-state index in [2.05, 4.69) is 6.92 Å². The van der Waals surface area contributed by atoms with Crippen molar-refractivity contribution in [3.05, 3.63) is 36.4 Å². The van der Waals surface area contributed by atoms with Gasteiger partial charge in [0.2, 0.25) is 0 Å². The van der Waals surface area contributed by atoms with Crippen molar-refractivity contribution in [3.63, 3.8) is 0 Å². The summed E-state index contributed by atoms with van der Waals surface area (Å²) in [5.41, 5.74) is 0. The van der Waals surface area contributed by atoms with Crippen LogP contribution < -0.4 is 0 Å². The molecule has 1 aromatic rings. The second kappa shape index (κ2) is 7.34.